The van der Waals surface area contributed by atoms with Crippen LogP contribution in [0, 0.1) is 0 Å². The minimum absolute atomic E-state index is 0.000275. The van der Waals surface area contributed by atoms with Gasteiger partial charge < -0.3 is 20.5 Å². The van der Waals surface area contributed by atoms with Gasteiger partial charge >= 0.3 is 0 Å². The summed E-state index contributed by atoms with van der Waals surface area (Å²) >= 11 is 0. The number of nitrogens with two attached hydrogens (primary N) is 1. The number of amides is 1. The van der Waals surface area contributed by atoms with Gasteiger partial charge in [-0.2, -0.15) is 0 Å². The van der Waals surface area contributed by atoms with E-state index >= 15 is 0 Å². The topological polar surface area (TPSA) is 63.3 Å². The molecule has 2 heterocycles. The van der Waals surface area contributed by atoms with Crippen molar-refractivity contribution in [2.75, 3.05) is 25.9 Å². The molecule has 0 aliphatic carbocycles. The molecule has 1 fully saturated rings. The van der Waals surface area contributed by atoms with E-state index in [4.69, 9.17) is 5.73 Å². The molecule has 2 rings (SSSR count). The standard InChI is InChI=1S/C14H24N4O/c1-3-6-18-10-11(15)9-13(18)14(19)16-12-4-7-17(2)8-5-12/h9-10,12H,3-8,15H2,1-2H3,(H,16,19). The molecule has 1 aromatic heterocycles. The summed E-state index contributed by atoms with van der Waals surface area (Å²) in [5.74, 6) is -0.000275. The van der Waals surface area contributed by atoms with Gasteiger partial charge in [-0.05, 0) is 45.5 Å². The fraction of sp³-hybridized carbons (Fsp3) is 0.643. The van der Waals surface area contributed by atoms with Crippen molar-refractivity contribution in [1.29, 1.82) is 0 Å². The number of likely N-dealkylation sites (tertiary alicyclic amines) is 1. The van der Waals surface area contributed by atoms with Crippen molar-refractivity contribution < 1.29 is 4.79 Å². The molecule has 5 heteroatoms. The van der Waals surface area contributed by atoms with E-state index in [-0.39, 0.29) is 11.9 Å². The number of nitrogens with zero attached hydrogens (tertiary/aromatic N) is 2. The highest BCUT2D eigenvalue weighted by Gasteiger charge is 2.20. The molecular formula is C14H24N4O. The highest BCUT2D eigenvalue weighted by Crippen LogP contribution is 2.13. The molecule has 0 radical (unpaired) electrons. The average molecular weight is 264 g/mol. The van der Waals surface area contributed by atoms with Crippen molar-refractivity contribution in [2.24, 2.45) is 0 Å². The number of hydrogen-bond acceptors (Lipinski definition) is 3. The second-order valence-electron chi connectivity index (χ2n) is 5.40. The summed E-state index contributed by atoms with van der Waals surface area (Å²) in [5.41, 5.74) is 7.12. The van der Waals surface area contributed by atoms with Crippen LogP contribution in [0.4, 0.5) is 5.69 Å². The summed E-state index contributed by atoms with van der Waals surface area (Å²) < 4.78 is 1.94. The first-order valence-electron chi connectivity index (χ1n) is 7.05. The highest BCUT2D eigenvalue weighted by atomic mass is 16.2. The van der Waals surface area contributed by atoms with Crippen LogP contribution in [-0.4, -0.2) is 41.6 Å². The van der Waals surface area contributed by atoms with Gasteiger partial charge in [0.05, 0.1) is 5.69 Å². The van der Waals surface area contributed by atoms with Gasteiger partial charge in [-0.3, -0.25) is 4.79 Å². The normalized spacial score (nSPS) is 17.6. The summed E-state index contributed by atoms with van der Waals surface area (Å²) in [6.07, 6.45) is 4.87. The second kappa shape index (κ2) is 6.10. The number of aryl methyl sites for hydroxylation is 1. The zero-order valence-corrected chi connectivity index (χ0v) is 11.9. The summed E-state index contributed by atoms with van der Waals surface area (Å²) in [6.45, 7) is 5.01. The lowest BCUT2D eigenvalue weighted by Gasteiger charge is -2.29. The van der Waals surface area contributed by atoms with Crippen LogP contribution in [0.15, 0.2) is 12.3 Å². The Morgan fingerprint density at radius 3 is 2.79 bits per heavy atom. The van der Waals surface area contributed by atoms with Gasteiger partial charge in [0.25, 0.3) is 5.91 Å². The number of carbonyl (C=O) groups is 1. The third-order valence-corrected chi connectivity index (χ3v) is 3.67. The average Bonchev–Trinajstić information content (AvgIpc) is 2.74. The zero-order valence-electron chi connectivity index (χ0n) is 11.9. The molecule has 5 nitrogen and oxygen atoms in total. The predicted octanol–water partition coefficient (Wildman–Crippen LogP) is 1.30. The number of nitrogens with one attached hydrogen (secondary N) is 1. The molecule has 1 aromatic rings. The quantitative estimate of drug-likeness (QED) is 0.861. The van der Waals surface area contributed by atoms with Crippen molar-refractivity contribution in [2.45, 2.75) is 38.8 Å². The van der Waals surface area contributed by atoms with Crippen LogP contribution in [-0.2, 0) is 6.54 Å². The van der Waals surface area contributed by atoms with Crippen LogP contribution < -0.4 is 11.1 Å². The smallest absolute Gasteiger partial charge is 0.268 e. The predicted molar refractivity (Wildman–Crippen MR) is 77.1 cm³/mol. The number of nitrogen functional groups attached to an aromatic ring is 1. The molecular weight excluding hydrogens is 240 g/mol. The lowest BCUT2D eigenvalue weighted by atomic mass is 10.1. The van der Waals surface area contributed by atoms with Gasteiger partial charge in [-0.15, -0.1) is 0 Å². The number of rotatable bonds is 4. The van der Waals surface area contributed by atoms with Crippen LogP contribution in [0.2, 0.25) is 0 Å². The Kier molecular flexibility index (Phi) is 4.47. The fourth-order valence-corrected chi connectivity index (χ4v) is 2.56. The molecule has 0 saturated carbocycles. The number of carbonyl (C=O) groups excluding carboxylic acids is 1. The lowest BCUT2D eigenvalue weighted by molar-refractivity contribution is 0.0907. The molecule has 0 atom stereocenters. The van der Waals surface area contributed by atoms with E-state index in [1.165, 1.54) is 0 Å². The number of aromatic nitrogens is 1. The SMILES string of the molecule is CCCn1cc(N)cc1C(=O)NC1CCN(C)CC1. The maximum atomic E-state index is 12.3. The third kappa shape index (κ3) is 3.50. The van der Waals surface area contributed by atoms with Crippen LogP contribution in [0.5, 0.6) is 0 Å². The Morgan fingerprint density at radius 1 is 1.47 bits per heavy atom. The van der Waals surface area contributed by atoms with Gasteiger partial charge in [0.15, 0.2) is 0 Å². The Morgan fingerprint density at radius 2 is 2.16 bits per heavy atom. The van der Waals surface area contributed by atoms with Crippen molar-refractivity contribution in [3.05, 3.63) is 18.0 Å². The van der Waals surface area contributed by atoms with E-state index < -0.39 is 0 Å². The summed E-state index contributed by atoms with van der Waals surface area (Å²) in [7, 11) is 2.12. The maximum Gasteiger partial charge on any atom is 0.268 e. The first kappa shape index (κ1) is 13.9. The van der Waals surface area contributed by atoms with Crippen molar-refractivity contribution in [1.82, 2.24) is 14.8 Å². The Bertz CT molecular complexity index is 433. The maximum absolute atomic E-state index is 12.3. The van der Waals surface area contributed by atoms with Gasteiger partial charge in [-0.25, -0.2) is 0 Å². The molecule has 1 saturated heterocycles. The van der Waals surface area contributed by atoms with Crippen LogP contribution >= 0.6 is 0 Å². The molecule has 0 aromatic carbocycles. The van der Waals surface area contributed by atoms with E-state index in [1.807, 2.05) is 10.8 Å². The molecule has 19 heavy (non-hydrogen) atoms. The Balaban J connectivity index is 1.99. The number of anilines is 1. The second-order valence-corrected chi connectivity index (χ2v) is 5.40. The van der Waals surface area contributed by atoms with Gasteiger partial charge in [0.2, 0.25) is 0 Å². The minimum atomic E-state index is -0.000275. The summed E-state index contributed by atoms with van der Waals surface area (Å²) in [4.78, 5) is 14.6. The monoisotopic (exact) mass is 264 g/mol. The Hall–Kier alpha value is -1.49. The number of piperidine rings is 1. The molecule has 0 spiro atoms. The highest BCUT2D eigenvalue weighted by molar-refractivity contribution is 5.94. The summed E-state index contributed by atoms with van der Waals surface area (Å²) in [6, 6.07) is 2.05. The fourth-order valence-electron chi connectivity index (χ4n) is 2.56. The molecule has 0 bridgehead atoms. The first-order valence-corrected chi connectivity index (χ1v) is 7.05. The largest absolute Gasteiger partial charge is 0.397 e. The van der Waals surface area contributed by atoms with Gasteiger partial charge in [-0.1, -0.05) is 6.92 Å². The number of hydrogen-bond donors (Lipinski definition) is 2. The molecule has 1 aliphatic heterocycles. The zero-order chi connectivity index (χ0) is 13.8. The lowest BCUT2D eigenvalue weighted by Crippen LogP contribution is -2.43. The van der Waals surface area contributed by atoms with Crippen molar-refractivity contribution >= 4 is 11.6 Å². The van der Waals surface area contributed by atoms with Gasteiger partial charge in [0, 0.05) is 18.8 Å². The van der Waals surface area contributed by atoms with E-state index in [1.54, 1.807) is 6.07 Å². The molecule has 1 amide bonds. The van der Waals surface area contributed by atoms with E-state index in [2.05, 4.69) is 24.2 Å². The van der Waals surface area contributed by atoms with Crippen LogP contribution in [0.3, 0.4) is 0 Å². The Labute approximate surface area is 114 Å². The van der Waals surface area contributed by atoms with Crippen LogP contribution in [0.1, 0.15) is 36.7 Å². The molecule has 106 valence electrons. The molecule has 1 aliphatic rings. The molecule has 0 unspecified atom stereocenters. The van der Waals surface area contributed by atoms with E-state index in [0.29, 0.717) is 11.4 Å². The molecule has 3 N–H and O–H groups in total. The van der Waals surface area contributed by atoms with E-state index in [9.17, 15) is 4.79 Å². The van der Waals surface area contributed by atoms with Crippen molar-refractivity contribution in [3.63, 3.8) is 0 Å². The van der Waals surface area contributed by atoms with Crippen molar-refractivity contribution in [3.8, 4) is 0 Å². The third-order valence-electron chi connectivity index (χ3n) is 3.67. The minimum Gasteiger partial charge on any atom is -0.397 e. The van der Waals surface area contributed by atoms with Crippen LogP contribution in [0.25, 0.3) is 0 Å². The summed E-state index contributed by atoms with van der Waals surface area (Å²) in [5, 5.41) is 3.13. The first-order chi connectivity index (χ1) is 9.10. The van der Waals surface area contributed by atoms with Gasteiger partial charge in [0.1, 0.15) is 5.69 Å². The van der Waals surface area contributed by atoms with E-state index in [0.717, 1.165) is 38.9 Å².